The summed E-state index contributed by atoms with van der Waals surface area (Å²) in [5.41, 5.74) is 6.45. The van der Waals surface area contributed by atoms with Crippen molar-refractivity contribution in [1.29, 1.82) is 0 Å². The van der Waals surface area contributed by atoms with Crippen LogP contribution in [0.3, 0.4) is 0 Å². The van der Waals surface area contributed by atoms with E-state index in [1.165, 1.54) is 6.07 Å². The number of carboxylic acid groups (broad SMARTS) is 1. The van der Waals surface area contributed by atoms with Gasteiger partial charge < -0.3 is 15.7 Å². The summed E-state index contributed by atoms with van der Waals surface area (Å²) in [4.78, 5) is 23.9. The first-order valence-corrected chi connectivity index (χ1v) is 10.1. The normalized spacial score (nSPS) is 23.4. The third-order valence-electron chi connectivity index (χ3n) is 6.19. The van der Waals surface area contributed by atoms with E-state index in [1.54, 1.807) is 11.0 Å². The number of carbonyl (C=O) groups is 2. The van der Waals surface area contributed by atoms with Crippen molar-refractivity contribution in [1.82, 2.24) is 4.90 Å². The molecule has 3 N–H and O–H groups in total. The molecule has 1 amide bonds. The number of benzene rings is 1. The molecule has 0 unspecified atom stereocenters. The zero-order valence-corrected chi connectivity index (χ0v) is 17.7. The van der Waals surface area contributed by atoms with Crippen LogP contribution in [0.2, 0.25) is 0 Å². The first kappa shape index (κ1) is 26.0. The number of carbonyl (C=O) groups excluding carboxylic acids is 1. The summed E-state index contributed by atoms with van der Waals surface area (Å²) in [5.74, 6) is -2.54. The summed E-state index contributed by atoms with van der Waals surface area (Å²) in [6.07, 6.45) is -6.60. The van der Waals surface area contributed by atoms with Crippen LogP contribution < -0.4 is 5.73 Å². The quantitative estimate of drug-likeness (QED) is 0.632. The topological polar surface area (TPSA) is 83.6 Å². The van der Waals surface area contributed by atoms with Gasteiger partial charge in [-0.05, 0) is 54.9 Å². The fraction of sp³-hybridized carbons (Fsp3) is 0.619. The number of carboxylic acids is 1. The fourth-order valence-electron chi connectivity index (χ4n) is 4.30. The number of hydrogen-bond acceptors (Lipinski definition) is 3. The molecular weight excluding hydrogens is 442 g/mol. The Hall–Kier alpha value is -2.30. The van der Waals surface area contributed by atoms with Gasteiger partial charge in [-0.2, -0.15) is 26.3 Å². The number of hydrogen-bond donors (Lipinski definition) is 2. The Kier molecular flexibility index (Phi) is 7.53. The van der Waals surface area contributed by atoms with Gasteiger partial charge in [0.1, 0.15) is 0 Å². The smallest absolute Gasteiger partial charge is 0.475 e. The molecule has 0 spiro atoms. The lowest BCUT2D eigenvalue weighted by Gasteiger charge is -2.39. The van der Waals surface area contributed by atoms with E-state index in [1.807, 2.05) is 13.8 Å². The summed E-state index contributed by atoms with van der Waals surface area (Å²) in [7, 11) is 0. The minimum absolute atomic E-state index is 0.0280. The molecule has 3 rings (SSSR count). The molecule has 11 heteroatoms. The van der Waals surface area contributed by atoms with Gasteiger partial charge in [0.2, 0.25) is 5.91 Å². The molecule has 2 atom stereocenters. The minimum Gasteiger partial charge on any atom is -0.475 e. The van der Waals surface area contributed by atoms with Gasteiger partial charge in [-0.3, -0.25) is 4.79 Å². The molecule has 1 saturated carbocycles. The zero-order chi connectivity index (χ0) is 24.5. The molecule has 0 bridgehead atoms. The van der Waals surface area contributed by atoms with Crippen molar-refractivity contribution >= 4 is 11.9 Å². The van der Waals surface area contributed by atoms with E-state index in [-0.39, 0.29) is 24.4 Å². The molecule has 0 saturated heterocycles. The van der Waals surface area contributed by atoms with Crippen molar-refractivity contribution in [2.45, 2.75) is 64.5 Å². The molecule has 2 aliphatic rings. The Labute approximate surface area is 181 Å². The highest BCUT2D eigenvalue weighted by Crippen LogP contribution is 2.46. The number of alkyl halides is 6. The van der Waals surface area contributed by atoms with Gasteiger partial charge in [0.25, 0.3) is 0 Å². The molecule has 0 aromatic heterocycles. The number of rotatable bonds is 2. The third-order valence-corrected chi connectivity index (χ3v) is 6.19. The first-order valence-electron chi connectivity index (χ1n) is 10.1. The maximum absolute atomic E-state index is 13.2. The molecule has 180 valence electrons. The van der Waals surface area contributed by atoms with Crippen LogP contribution in [-0.2, 0) is 28.7 Å². The average molecular weight is 468 g/mol. The Bertz CT molecular complexity index is 853. The molecule has 1 fully saturated rings. The number of aliphatic carboxylic acids is 1. The van der Waals surface area contributed by atoms with Gasteiger partial charge in [0.15, 0.2) is 0 Å². The molecule has 1 aromatic rings. The summed E-state index contributed by atoms with van der Waals surface area (Å²) < 4.78 is 70.7. The highest BCUT2D eigenvalue weighted by atomic mass is 19.4. The molecule has 1 aliphatic carbocycles. The Morgan fingerprint density at radius 3 is 2.19 bits per heavy atom. The van der Waals surface area contributed by atoms with Crippen LogP contribution >= 0.6 is 0 Å². The van der Waals surface area contributed by atoms with Crippen molar-refractivity contribution in [2.75, 3.05) is 6.54 Å². The van der Waals surface area contributed by atoms with E-state index < -0.39 is 29.3 Å². The van der Waals surface area contributed by atoms with Crippen molar-refractivity contribution in [3.05, 3.63) is 34.9 Å². The van der Waals surface area contributed by atoms with E-state index in [0.717, 1.165) is 24.5 Å². The number of nitrogens with zero attached hydrogens (tertiary/aromatic N) is 1. The largest absolute Gasteiger partial charge is 0.490 e. The van der Waals surface area contributed by atoms with Gasteiger partial charge in [-0.25, -0.2) is 4.79 Å². The molecule has 1 heterocycles. The number of fused-ring (bicyclic) bond motifs is 1. The number of amides is 1. The lowest BCUT2D eigenvalue weighted by molar-refractivity contribution is -0.192. The lowest BCUT2D eigenvalue weighted by Crippen LogP contribution is -2.48. The van der Waals surface area contributed by atoms with Crippen LogP contribution in [0.4, 0.5) is 26.3 Å². The van der Waals surface area contributed by atoms with E-state index in [9.17, 15) is 31.1 Å². The predicted molar refractivity (Wildman–Crippen MR) is 103 cm³/mol. The van der Waals surface area contributed by atoms with Gasteiger partial charge in [-0.1, -0.05) is 19.9 Å². The lowest BCUT2D eigenvalue weighted by atomic mass is 9.74. The summed E-state index contributed by atoms with van der Waals surface area (Å²) in [6.45, 7) is 4.88. The molecule has 1 aliphatic heterocycles. The molecule has 32 heavy (non-hydrogen) atoms. The maximum Gasteiger partial charge on any atom is 0.490 e. The van der Waals surface area contributed by atoms with Crippen molar-refractivity contribution in [3.63, 3.8) is 0 Å². The molecule has 0 radical (unpaired) electrons. The molecule has 1 aromatic carbocycles. The monoisotopic (exact) mass is 468 g/mol. The fourth-order valence-corrected chi connectivity index (χ4v) is 4.30. The van der Waals surface area contributed by atoms with Crippen molar-refractivity contribution < 1.29 is 41.0 Å². The van der Waals surface area contributed by atoms with E-state index in [2.05, 4.69) is 0 Å². The van der Waals surface area contributed by atoms with Crippen LogP contribution in [0.1, 0.15) is 49.8 Å². The second kappa shape index (κ2) is 9.29. The molecular formula is C21H26F6N2O3. The van der Waals surface area contributed by atoms with Crippen molar-refractivity contribution in [2.24, 2.45) is 17.1 Å². The summed E-state index contributed by atoms with van der Waals surface area (Å²) in [5, 5.41) is 7.12. The second-order valence-electron chi connectivity index (χ2n) is 8.57. The predicted octanol–water partition coefficient (Wildman–Crippen LogP) is 4.38. The highest BCUT2D eigenvalue weighted by molar-refractivity contribution is 5.84. The zero-order valence-electron chi connectivity index (χ0n) is 17.7. The van der Waals surface area contributed by atoms with Crippen LogP contribution in [0.5, 0.6) is 0 Å². The Morgan fingerprint density at radius 2 is 1.75 bits per heavy atom. The summed E-state index contributed by atoms with van der Waals surface area (Å²) >= 11 is 0. The average Bonchev–Trinajstić information content (AvgIpc) is 3.08. The minimum atomic E-state index is -5.08. The molecule has 5 nitrogen and oxygen atoms in total. The van der Waals surface area contributed by atoms with Crippen LogP contribution in [0.15, 0.2) is 18.2 Å². The summed E-state index contributed by atoms with van der Waals surface area (Å²) in [6, 6.07) is 3.89. The van der Waals surface area contributed by atoms with E-state index >= 15 is 0 Å². The second-order valence-corrected chi connectivity index (χ2v) is 8.57. The SMILES string of the molecule is CC(C)[C@]1(C(=O)N2CCc3ccc(C(F)(F)F)cc3C2)CC[C@@H](N)C1.O=C(O)C(F)(F)F. The van der Waals surface area contributed by atoms with Gasteiger partial charge in [0.05, 0.1) is 11.0 Å². The Morgan fingerprint density at radius 1 is 1.16 bits per heavy atom. The van der Waals surface area contributed by atoms with Gasteiger partial charge >= 0.3 is 18.3 Å². The Balaban J connectivity index is 0.000000451. The van der Waals surface area contributed by atoms with E-state index in [0.29, 0.717) is 24.9 Å². The van der Waals surface area contributed by atoms with Gasteiger partial charge in [-0.15, -0.1) is 0 Å². The van der Waals surface area contributed by atoms with Crippen LogP contribution in [0.25, 0.3) is 0 Å². The standard InChI is InChI=1S/C19H25F3N2O.C2HF3O2/c1-12(2)18(7-5-16(23)10-18)17(25)24-8-6-13-3-4-15(19(20,21)22)9-14(13)11-24;3-2(4,5)1(6)7/h3-4,9,12,16H,5-8,10-11,23H2,1-2H3;(H,6,7)/t16-,18+;/m1./s1. The van der Waals surface area contributed by atoms with Crippen LogP contribution in [0, 0.1) is 11.3 Å². The van der Waals surface area contributed by atoms with E-state index in [4.69, 9.17) is 15.6 Å². The van der Waals surface area contributed by atoms with Crippen LogP contribution in [-0.4, -0.2) is 40.6 Å². The number of nitrogens with two attached hydrogens (primary N) is 1. The maximum atomic E-state index is 13.2. The van der Waals surface area contributed by atoms with Crippen molar-refractivity contribution in [3.8, 4) is 0 Å². The first-order chi connectivity index (χ1) is 14.6. The number of halogens is 6. The van der Waals surface area contributed by atoms with Gasteiger partial charge in [0, 0.05) is 19.1 Å². The third kappa shape index (κ3) is 5.73. The highest BCUT2D eigenvalue weighted by Gasteiger charge is 2.48.